The van der Waals surface area contributed by atoms with E-state index in [0.29, 0.717) is 17.0 Å². The van der Waals surface area contributed by atoms with Crippen LogP contribution in [0.2, 0.25) is 0 Å². The number of methoxy groups -OCH3 is 1. The first kappa shape index (κ1) is 13.1. The second kappa shape index (κ2) is 4.90. The summed E-state index contributed by atoms with van der Waals surface area (Å²) in [5.74, 6) is -0.0259. The van der Waals surface area contributed by atoms with E-state index in [1.807, 2.05) is 0 Å². The van der Waals surface area contributed by atoms with Crippen LogP contribution in [-0.4, -0.2) is 16.7 Å². The number of nitrogens with zero attached hydrogens (tertiary/aromatic N) is 1. The summed E-state index contributed by atoms with van der Waals surface area (Å²) in [5, 5.41) is 0.109. The highest BCUT2D eigenvalue weighted by Gasteiger charge is 2.10. The lowest BCUT2D eigenvalue weighted by atomic mass is 10.2. The zero-order valence-electron chi connectivity index (χ0n) is 11.1. The second-order valence-electron chi connectivity index (χ2n) is 4.46. The molecule has 0 unspecified atom stereocenters. The minimum absolute atomic E-state index is 0.109. The van der Waals surface area contributed by atoms with Gasteiger partial charge in [-0.05, 0) is 30.3 Å². The Kier molecular flexibility index (Phi) is 3.06. The molecule has 0 aliphatic heterocycles. The Balaban J connectivity index is 2.37. The van der Waals surface area contributed by atoms with Gasteiger partial charge in [0, 0.05) is 6.07 Å². The monoisotopic (exact) mass is 286 g/mol. The lowest BCUT2D eigenvalue weighted by Crippen LogP contribution is -2.33. The topological polar surface area (TPSA) is 64.1 Å². The Labute approximate surface area is 118 Å². The highest BCUT2D eigenvalue weighted by molar-refractivity contribution is 5.77. The van der Waals surface area contributed by atoms with Gasteiger partial charge in [-0.1, -0.05) is 6.07 Å². The SMILES string of the molecule is COc1cccc(-n2c(=O)[nH]c3ccc(F)cc3c2=O)c1. The molecule has 0 saturated heterocycles. The fourth-order valence-corrected chi connectivity index (χ4v) is 2.17. The van der Waals surface area contributed by atoms with Gasteiger partial charge in [-0.2, -0.15) is 0 Å². The summed E-state index contributed by atoms with van der Waals surface area (Å²) in [5.41, 5.74) is -0.522. The van der Waals surface area contributed by atoms with E-state index in [2.05, 4.69) is 4.98 Å². The number of hydrogen-bond acceptors (Lipinski definition) is 3. The molecule has 0 aliphatic rings. The summed E-state index contributed by atoms with van der Waals surface area (Å²) >= 11 is 0. The van der Waals surface area contributed by atoms with Gasteiger partial charge in [0.25, 0.3) is 5.56 Å². The number of benzene rings is 2. The van der Waals surface area contributed by atoms with Crippen LogP contribution in [0.15, 0.2) is 52.1 Å². The molecule has 0 bridgehead atoms. The maximum absolute atomic E-state index is 13.3. The standard InChI is InChI=1S/C15H11FN2O3/c1-21-11-4-2-3-10(8-11)18-14(19)12-7-9(16)5-6-13(12)17-15(18)20/h2-8H,1H3,(H,17,20). The van der Waals surface area contributed by atoms with Gasteiger partial charge in [-0.25, -0.2) is 13.8 Å². The van der Waals surface area contributed by atoms with E-state index in [1.54, 1.807) is 24.3 Å². The molecule has 1 heterocycles. The molecule has 0 spiro atoms. The van der Waals surface area contributed by atoms with E-state index >= 15 is 0 Å². The largest absolute Gasteiger partial charge is 0.497 e. The number of nitrogens with one attached hydrogen (secondary N) is 1. The molecule has 21 heavy (non-hydrogen) atoms. The highest BCUT2D eigenvalue weighted by atomic mass is 19.1. The quantitative estimate of drug-likeness (QED) is 0.781. The molecule has 0 amide bonds. The number of hydrogen-bond donors (Lipinski definition) is 1. The van der Waals surface area contributed by atoms with E-state index in [0.717, 1.165) is 10.6 Å². The van der Waals surface area contributed by atoms with Gasteiger partial charge in [0.05, 0.1) is 23.7 Å². The Hall–Kier alpha value is -2.89. The Morgan fingerprint density at radius 1 is 1.14 bits per heavy atom. The van der Waals surface area contributed by atoms with Crippen LogP contribution in [0.4, 0.5) is 4.39 Å². The summed E-state index contributed by atoms with van der Waals surface area (Å²) < 4.78 is 19.3. The minimum atomic E-state index is -0.590. The van der Waals surface area contributed by atoms with Gasteiger partial charge in [0.2, 0.25) is 0 Å². The molecular formula is C15H11FN2O3. The van der Waals surface area contributed by atoms with E-state index < -0.39 is 17.1 Å². The maximum Gasteiger partial charge on any atom is 0.333 e. The van der Waals surface area contributed by atoms with Gasteiger partial charge < -0.3 is 9.72 Å². The van der Waals surface area contributed by atoms with Crippen LogP contribution >= 0.6 is 0 Å². The predicted molar refractivity (Wildman–Crippen MR) is 76.7 cm³/mol. The molecule has 0 radical (unpaired) electrons. The van der Waals surface area contributed by atoms with Gasteiger partial charge >= 0.3 is 5.69 Å². The third kappa shape index (κ3) is 2.20. The van der Waals surface area contributed by atoms with Crippen LogP contribution in [0.1, 0.15) is 0 Å². The molecule has 3 aromatic rings. The van der Waals surface area contributed by atoms with Crippen molar-refractivity contribution in [1.82, 2.24) is 9.55 Å². The summed E-state index contributed by atoms with van der Waals surface area (Å²) in [7, 11) is 1.49. The molecule has 1 aromatic heterocycles. The lowest BCUT2D eigenvalue weighted by Gasteiger charge is -2.08. The summed E-state index contributed by atoms with van der Waals surface area (Å²) in [6.07, 6.45) is 0. The van der Waals surface area contributed by atoms with Gasteiger partial charge in [0.1, 0.15) is 11.6 Å². The van der Waals surface area contributed by atoms with Crippen molar-refractivity contribution in [3.8, 4) is 11.4 Å². The number of aromatic amines is 1. The third-order valence-corrected chi connectivity index (χ3v) is 3.17. The molecule has 2 aromatic carbocycles. The molecule has 106 valence electrons. The number of halogens is 1. The molecule has 0 aliphatic carbocycles. The van der Waals surface area contributed by atoms with Crippen molar-refractivity contribution < 1.29 is 9.13 Å². The second-order valence-corrected chi connectivity index (χ2v) is 4.46. The van der Waals surface area contributed by atoms with Crippen molar-refractivity contribution in [3.05, 3.63) is 69.1 Å². The van der Waals surface area contributed by atoms with Crippen molar-refractivity contribution >= 4 is 10.9 Å². The number of aromatic nitrogens is 2. The van der Waals surface area contributed by atoms with E-state index in [4.69, 9.17) is 4.74 Å². The van der Waals surface area contributed by atoms with Crippen molar-refractivity contribution in [3.63, 3.8) is 0 Å². The van der Waals surface area contributed by atoms with Crippen LogP contribution in [0.3, 0.4) is 0 Å². The Morgan fingerprint density at radius 2 is 1.95 bits per heavy atom. The van der Waals surface area contributed by atoms with Gasteiger partial charge in [-0.15, -0.1) is 0 Å². The number of fused-ring (bicyclic) bond motifs is 1. The smallest absolute Gasteiger partial charge is 0.333 e. The van der Waals surface area contributed by atoms with Crippen molar-refractivity contribution in [2.24, 2.45) is 0 Å². The van der Waals surface area contributed by atoms with Crippen LogP contribution in [-0.2, 0) is 0 Å². The summed E-state index contributed by atoms with van der Waals surface area (Å²) in [6, 6.07) is 10.2. The molecule has 0 fully saturated rings. The predicted octanol–water partition coefficient (Wildman–Crippen LogP) is 1.83. The fraction of sp³-hybridized carbons (Fsp3) is 0.0667. The molecule has 1 N–H and O–H groups in total. The van der Waals surface area contributed by atoms with Crippen LogP contribution in [0, 0.1) is 5.82 Å². The molecule has 3 rings (SSSR count). The van der Waals surface area contributed by atoms with Gasteiger partial charge in [0.15, 0.2) is 0 Å². The lowest BCUT2D eigenvalue weighted by molar-refractivity contribution is 0.414. The number of H-pyrrole nitrogens is 1. The molecule has 0 saturated carbocycles. The minimum Gasteiger partial charge on any atom is -0.497 e. The summed E-state index contributed by atoms with van der Waals surface area (Å²) in [4.78, 5) is 27.1. The van der Waals surface area contributed by atoms with Crippen LogP contribution in [0.5, 0.6) is 5.75 Å². The van der Waals surface area contributed by atoms with E-state index in [9.17, 15) is 14.0 Å². The third-order valence-electron chi connectivity index (χ3n) is 3.17. The first-order chi connectivity index (χ1) is 10.1. The van der Waals surface area contributed by atoms with E-state index in [-0.39, 0.29) is 5.39 Å². The van der Waals surface area contributed by atoms with Crippen molar-refractivity contribution in [2.45, 2.75) is 0 Å². The molecule has 5 nitrogen and oxygen atoms in total. The Morgan fingerprint density at radius 3 is 2.71 bits per heavy atom. The first-order valence-corrected chi connectivity index (χ1v) is 6.19. The van der Waals surface area contributed by atoms with Gasteiger partial charge in [-0.3, -0.25) is 4.79 Å². The highest BCUT2D eigenvalue weighted by Crippen LogP contribution is 2.15. The normalized spacial score (nSPS) is 10.8. The van der Waals surface area contributed by atoms with Crippen molar-refractivity contribution in [1.29, 1.82) is 0 Å². The fourth-order valence-electron chi connectivity index (χ4n) is 2.17. The zero-order chi connectivity index (χ0) is 15.0. The van der Waals surface area contributed by atoms with Crippen molar-refractivity contribution in [2.75, 3.05) is 7.11 Å². The average molecular weight is 286 g/mol. The van der Waals surface area contributed by atoms with Crippen LogP contribution < -0.4 is 16.0 Å². The average Bonchev–Trinajstić information content (AvgIpc) is 2.48. The van der Waals surface area contributed by atoms with E-state index in [1.165, 1.54) is 19.2 Å². The first-order valence-electron chi connectivity index (χ1n) is 6.19. The molecular weight excluding hydrogens is 275 g/mol. The molecule has 0 atom stereocenters. The maximum atomic E-state index is 13.3. The zero-order valence-corrected chi connectivity index (χ0v) is 11.1. The van der Waals surface area contributed by atoms with Crippen LogP contribution in [0.25, 0.3) is 16.6 Å². The molecule has 6 heteroatoms. The summed E-state index contributed by atoms with van der Waals surface area (Å²) in [6.45, 7) is 0. The number of ether oxygens (including phenoxy) is 1. The Bertz CT molecular complexity index is 944. The number of rotatable bonds is 2.